The molecular weight excluding hydrogens is 1400 g/mol. The summed E-state index contributed by atoms with van der Waals surface area (Å²) in [5.74, 6) is -11.7. The summed E-state index contributed by atoms with van der Waals surface area (Å²) in [5.41, 5.74) is 7.06. The van der Waals surface area contributed by atoms with Gasteiger partial charge in [0.2, 0.25) is 58.2 Å². The smallest absolute Gasteiger partial charge is 0.253 e. The van der Waals surface area contributed by atoms with Gasteiger partial charge in [0.1, 0.15) is 47.4 Å². The van der Waals surface area contributed by atoms with E-state index in [1.807, 2.05) is 0 Å². The molecule has 4 aliphatic rings. The number of carbonyl (C=O) groups excluding carboxylic acids is 11. The van der Waals surface area contributed by atoms with Crippen molar-refractivity contribution in [1.29, 1.82) is 0 Å². The molecule has 0 radical (unpaired) electrons. The van der Waals surface area contributed by atoms with Gasteiger partial charge in [-0.05, 0) is 18.1 Å². The van der Waals surface area contributed by atoms with E-state index < -0.39 is 176 Å². The molecule has 4 aliphatic heterocycles. The van der Waals surface area contributed by atoms with Crippen molar-refractivity contribution in [2.45, 2.75) is 119 Å². The van der Waals surface area contributed by atoms with E-state index in [0.29, 0.717) is 119 Å². The Bertz CT molecular complexity index is 3400. The van der Waals surface area contributed by atoms with Crippen molar-refractivity contribution < 1.29 is 111 Å². The summed E-state index contributed by atoms with van der Waals surface area (Å²) in [6, 6.07) is -6.96. The van der Waals surface area contributed by atoms with Gasteiger partial charge in [-0.3, -0.25) is 57.6 Å². The number of primary amides is 1. The Balaban J connectivity index is 0.954. The second-order valence-corrected chi connectivity index (χ2v) is 27.0. The zero-order valence-corrected chi connectivity index (χ0v) is 59.5. The lowest BCUT2D eigenvalue weighted by Crippen LogP contribution is -2.62. The molecule has 0 saturated carbocycles. The molecule has 2 bridgehead atoms. The van der Waals surface area contributed by atoms with E-state index in [-0.39, 0.29) is 54.5 Å². The highest BCUT2D eigenvalue weighted by Gasteiger charge is 2.46. The lowest BCUT2D eigenvalue weighted by molar-refractivity contribution is -0.144. The van der Waals surface area contributed by atoms with E-state index in [1.165, 1.54) is 37.9 Å². The number of methoxy groups -OCH3 is 1. The van der Waals surface area contributed by atoms with Crippen LogP contribution in [-0.4, -0.2) is 300 Å². The molecule has 11 amide bonds. The number of benzene rings is 1. The van der Waals surface area contributed by atoms with Gasteiger partial charge in [-0.2, -0.15) is 11.8 Å². The first kappa shape index (κ1) is 82.4. The summed E-state index contributed by atoms with van der Waals surface area (Å²) in [5, 5.41) is 57.7. The number of H-pyrrole nitrogens is 1. The zero-order chi connectivity index (χ0) is 74.5. The van der Waals surface area contributed by atoms with Gasteiger partial charge in [0.15, 0.2) is 6.04 Å². The molecule has 0 aliphatic carbocycles. The van der Waals surface area contributed by atoms with Gasteiger partial charge in [0.25, 0.3) is 11.8 Å². The number of nitrogens with zero attached hydrogens (tertiary/aromatic N) is 5. The minimum atomic E-state index is -2.45. The fourth-order valence-corrected chi connectivity index (χ4v) is 13.6. The van der Waals surface area contributed by atoms with Crippen LogP contribution < -0.4 is 47.7 Å². The molecule has 11 atom stereocenters. The molecule has 37 nitrogen and oxygen atoms in total. The Morgan fingerprint density at radius 3 is 1.92 bits per heavy atom. The summed E-state index contributed by atoms with van der Waals surface area (Å²) in [7, 11) is 1.43. The van der Waals surface area contributed by atoms with Crippen LogP contribution in [0.25, 0.3) is 10.9 Å². The third-order valence-electron chi connectivity index (χ3n) is 17.1. The van der Waals surface area contributed by atoms with Crippen LogP contribution in [0.3, 0.4) is 0 Å². The average molecular weight is 1490 g/mol. The van der Waals surface area contributed by atoms with Crippen LogP contribution in [0, 0.1) is 11.8 Å². The molecule has 1 aromatic carbocycles. The van der Waals surface area contributed by atoms with Crippen LogP contribution >= 0.6 is 11.8 Å². The normalized spacial score (nSPS) is 22.9. The van der Waals surface area contributed by atoms with Gasteiger partial charge < -0.3 is 111 Å². The third kappa shape index (κ3) is 24.9. The number of imide groups is 1. The topological polar surface area (TPSA) is 509 Å². The number of rotatable bonds is 36. The van der Waals surface area contributed by atoms with Crippen molar-refractivity contribution in [3.05, 3.63) is 47.3 Å². The average Bonchev–Trinajstić information content (AvgIpc) is 1.62. The zero-order valence-electron chi connectivity index (χ0n) is 57.9. The molecule has 1 fully saturated rings. The summed E-state index contributed by atoms with van der Waals surface area (Å²) in [6.45, 7) is 6.91. The fourth-order valence-electron chi connectivity index (χ4n) is 11.3. The number of aliphatic hydroxyl groups is 3. The van der Waals surface area contributed by atoms with E-state index in [4.69, 9.17) is 43.6 Å². The second-order valence-electron chi connectivity index (χ2n) is 24.5. The fraction of sp³-hybridized carbons (Fsp3) is 0.641. The van der Waals surface area contributed by atoms with Crippen molar-refractivity contribution in [3.8, 4) is 5.75 Å². The molecule has 570 valence electrons. The Hall–Kier alpha value is -7.93. The Morgan fingerprint density at radius 2 is 1.33 bits per heavy atom. The van der Waals surface area contributed by atoms with Gasteiger partial charge in [-0.25, -0.2) is 4.68 Å². The first-order valence-corrected chi connectivity index (χ1v) is 36.2. The van der Waals surface area contributed by atoms with Gasteiger partial charge in [-0.1, -0.05) is 32.4 Å². The summed E-state index contributed by atoms with van der Waals surface area (Å²) in [6.07, 6.45) is -0.488. The number of hydrogen-bond donors (Lipinski definition) is 12. The van der Waals surface area contributed by atoms with Crippen molar-refractivity contribution in [2.75, 3.05) is 137 Å². The maximum absolute atomic E-state index is 15.3. The maximum atomic E-state index is 15.3. The maximum Gasteiger partial charge on any atom is 0.253 e. The molecule has 3 aromatic rings. The molecule has 39 heteroatoms. The van der Waals surface area contributed by atoms with E-state index in [2.05, 4.69) is 52.5 Å². The molecule has 2 aromatic heterocycles. The highest BCUT2D eigenvalue weighted by molar-refractivity contribution is 7.98. The molecule has 103 heavy (non-hydrogen) atoms. The van der Waals surface area contributed by atoms with Crippen molar-refractivity contribution in [1.82, 2.24) is 67.0 Å². The van der Waals surface area contributed by atoms with Crippen LogP contribution in [0.5, 0.6) is 5.75 Å². The van der Waals surface area contributed by atoms with Crippen molar-refractivity contribution in [2.24, 2.45) is 17.6 Å². The largest absolute Gasteiger partial charge is 0.610 e. The summed E-state index contributed by atoms with van der Waals surface area (Å²) >= 11 is -1.02. The number of thioether (sulfide) groups is 1. The van der Waals surface area contributed by atoms with Crippen molar-refractivity contribution >= 4 is 98.8 Å². The predicted molar refractivity (Wildman–Crippen MR) is 364 cm³/mol. The number of aliphatic hydroxyl groups excluding tert-OH is 3. The van der Waals surface area contributed by atoms with Crippen molar-refractivity contribution in [3.63, 3.8) is 0 Å². The standard InChI is InChI=1S/C64H94N14O23S2/c1-5-37(2)55-61(90)67-29-51(83)68-46-36-103(93)63-42(27-44(58(87)66-30-52(84)71-55)69-62(91)56(38(3)48(81)34-79)72-60(89)47-26-40(80)33-77(47)64(92)45(28-50(65)82)70-59(46)88)41-6-7-49(94-4)43(57(41)73-63)35-102-25-24-101-23-22-100-21-20-99-19-18-98-17-16-97-15-14-96-13-12-95-11-10-76-31-39(74-75-76)32-78-53(85)8-9-54(78)86/h6-9,31,37-38,40,44-48,55-56,73,79-81H,5,10-30,32-36H2,1-4H3,(H2,65,82)(H,66,87)(H,67,90)(H,68,83)(H,69,91)(H,70,88)(H,71,84)(H,72,89)/t37-,38-,40+,44-,45-,46-,47-,48-,55-,56-,103?/m0/s1. The van der Waals surface area contributed by atoms with Gasteiger partial charge in [-0.15, -0.1) is 5.10 Å². The summed E-state index contributed by atoms with van der Waals surface area (Å²) in [4.78, 5) is 156. The molecule has 6 heterocycles. The van der Waals surface area contributed by atoms with Crippen LogP contribution in [0.1, 0.15) is 56.9 Å². The number of fused-ring (bicyclic) bond motifs is 5. The molecule has 13 N–H and O–H groups in total. The van der Waals surface area contributed by atoms with E-state index in [0.717, 1.165) is 9.80 Å². The summed E-state index contributed by atoms with van der Waals surface area (Å²) < 4.78 is 62.1. The lowest BCUT2D eigenvalue weighted by Gasteiger charge is -2.32. The minimum Gasteiger partial charge on any atom is -0.610 e. The molecule has 7 rings (SSSR count). The van der Waals surface area contributed by atoms with Crippen LogP contribution in [0.2, 0.25) is 0 Å². The molecule has 0 spiro atoms. The number of hydrogen-bond acceptors (Lipinski definition) is 26. The monoisotopic (exact) mass is 1490 g/mol. The first-order chi connectivity index (χ1) is 49.5. The van der Waals surface area contributed by atoms with E-state index in [1.54, 1.807) is 36.9 Å². The Kier molecular flexibility index (Phi) is 33.7. The number of amides is 11. The molecule has 1 saturated heterocycles. The number of nitrogens with two attached hydrogens (primary N) is 1. The highest BCUT2D eigenvalue weighted by atomic mass is 32.2. The number of aromatic nitrogens is 4. The van der Waals surface area contributed by atoms with Crippen LogP contribution in [0.15, 0.2) is 35.5 Å². The van der Waals surface area contributed by atoms with Crippen LogP contribution in [0.4, 0.5) is 0 Å². The van der Waals surface area contributed by atoms with Gasteiger partial charge >= 0.3 is 0 Å². The molecule has 1 unspecified atom stereocenters. The highest BCUT2D eigenvalue weighted by Crippen LogP contribution is 2.37. The van der Waals surface area contributed by atoms with Crippen LogP contribution in [-0.2, 0) is 122 Å². The number of aromatic amines is 1. The third-order valence-corrected chi connectivity index (χ3v) is 19.5. The predicted octanol–water partition coefficient (Wildman–Crippen LogP) is -5.55. The quantitative estimate of drug-likeness (QED) is 0.0147. The number of carbonyl (C=O) groups is 11. The van der Waals surface area contributed by atoms with E-state index >= 15 is 4.55 Å². The SMILES string of the molecule is CC[C@H](C)[C@@H]1NC(=O)CNC(=O)[C@@H]2Cc3c([nH]c4c(CSCCOCCOCCOCCOCCOCCOCCOCCn5cc(CN6C(=O)C=CC6=O)nn5)c(OC)ccc34)[S+]([O-])C[C@H](NC(=O)CNC1=O)C(=O)N[C@@H](CC(N)=O)C(=O)N1C[C@H](O)C[C@H]1C(=O)N[C@@H]([C@@H](C)[C@@H](O)CO)C(=O)N2. The second kappa shape index (κ2) is 42.1. The van der Waals surface area contributed by atoms with Gasteiger partial charge in [0.05, 0.1) is 163 Å². The number of ether oxygens (including phenoxy) is 8. The lowest BCUT2D eigenvalue weighted by atomic mass is 9.93. The Labute approximate surface area is 600 Å². The van der Waals surface area contributed by atoms with Gasteiger partial charge in [0, 0.05) is 76.7 Å². The molecular formula is C64H94N14O23S2. The first-order valence-electron chi connectivity index (χ1n) is 33.8. The number of nitrogens with one attached hydrogen (secondary N) is 8. The minimum absolute atomic E-state index is 0.0494. The van der Waals surface area contributed by atoms with E-state index in [9.17, 15) is 68.1 Å². The Morgan fingerprint density at radius 1 is 0.738 bits per heavy atom.